The van der Waals surface area contributed by atoms with Crippen LogP contribution in [0.1, 0.15) is 53.2 Å². The van der Waals surface area contributed by atoms with Crippen molar-refractivity contribution in [3.05, 3.63) is 22.5 Å². The lowest BCUT2D eigenvalue weighted by Gasteiger charge is -2.23. The minimum atomic E-state index is -1.30. The van der Waals surface area contributed by atoms with Crippen molar-refractivity contribution in [2.45, 2.75) is 71.5 Å². The van der Waals surface area contributed by atoms with Gasteiger partial charge in [0.2, 0.25) is 0 Å². The van der Waals surface area contributed by atoms with Gasteiger partial charge >= 0.3 is 23.7 Å². The maximum absolute atomic E-state index is 14.5. The van der Waals surface area contributed by atoms with Crippen molar-refractivity contribution in [2.24, 2.45) is 0 Å². The summed E-state index contributed by atoms with van der Waals surface area (Å²) in [4.78, 5) is 50.7. The Labute approximate surface area is 177 Å². The van der Waals surface area contributed by atoms with Gasteiger partial charge in [-0.2, -0.15) is 4.98 Å². The number of anilines is 1. The van der Waals surface area contributed by atoms with Crippen molar-refractivity contribution in [2.75, 3.05) is 11.9 Å². The molecule has 4 atom stereocenters. The molecule has 0 aliphatic carbocycles. The topological polar surface area (TPSA) is 135 Å². The van der Waals surface area contributed by atoms with Crippen LogP contribution >= 0.6 is 0 Å². The number of rotatable bonds is 8. The predicted octanol–water partition coefficient (Wildman–Crippen LogP) is 1.90. The van der Waals surface area contributed by atoms with Crippen LogP contribution in [0.4, 0.5) is 15.0 Å². The summed E-state index contributed by atoms with van der Waals surface area (Å²) in [6.07, 6.45) is -2.02. The molecule has 1 amide bonds. The molecule has 1 unspecified atom stereocenters. The molecule has 0 radical (unpaired) electrons. The van der Waals surface area contributed by atoms with E-state index in [1.165, 1.54) is 6.92 Å². The van der Waals surface area contributed by atoms with Gasteiger partial charge in [-0.25, -0.2) is 14.0 Å². The van der Waals surface area contributed by atoms with Crippen molar-refractivity contribution < 1.29 is 37.7 Å². The molecule has 0 saturated carbocycles. The summed E-state index contributed by atoms with van der Waals surface area (Å²) < 4.78 is 36.1. The van der Waals surface area contributed by atoms with Crippen LogP contribution < -0.4 is 11.0 Å². The van der Waals surface area contributed by atoms with Crippen molar-refractivity contribution in [1.82, 2.24) is 9.55 Å². The third kappa shape index (κ3) is 6.48. The Bertz CT molecular complexity index is 874. The SMILES string of the molecule is CCCCCOC(=O)Nc1nc(=O)n(C2O[C@H](C)[C@@H](OC(C)=O)[C@H]2OC(C)=O)cc1F. The lowest BCUT2D eigenvalue weighted by molar-refractivity contribution is -0.165. The smallest absolute Gasteiger partial charge is 0.412 e. The van der Waals surface area contributed by atoms with Gasteiger partial charge in [-0.15, -0.1) is 0 Å². The Morgan fingerprint density at radius 3 is 2.45 bits per heavy atom. The van der Waals surface area contributed by atoms with Crippen molar-refractivity contribution >= 4 is 23.8 Å². The highest BCUT2D eigenvalue weighted by atomic mass is 19.1. The molecule has 172 valence electrons. The average Bonchev–Trinajstić information content (AvgIpc) is 2.96. The second-order valence-corrected chi connectivity index (χ2v) is 6.98. The Morgan fingerprint density at radius 1 is 1.19 bits per heavy atom. The fourth-order valence-corrected chi connectivity index (χ4v) is 3.06. The van der Waals surface area contributed by atoms with Gasteiger partial charge in [-0.1, -0.05) is 19.8 Å². The summed E-state index contributed by atoms with van der Waals surface area (Å²) in [5.74, 6) is -3.02. The van der Waals surface area contributed by atoms with Crippen LogP contribution in [0.25, 0.3) is 0 Å². The molecule has 1 aliphatic heterocycles. The molecule has 2 heterocycles. The molecular weight excluding hydrogens is 417 g/mol. The zero-order valence-electron chi connectivity index (χ0n) is 17.8. The molecule has 11 nitrogen and oxygen atoms in total. The second-order valence-electron chi connectivity index (χ2n) is 6.98. The number of unbranched alkanes of at least 4 members (excludes halogenated alkanes) is 2. The number of carbonyl (C=O) groups excluding carboxylic acids is 3. The maximum Gasteiger partial charge on any atom is 0.412 e. The standard InChI is InChI=1S/C19H26FN3O8/c1-5-6-7-8-28-19(27)22-16-13(20)9-23(18(26)21-16)17-15(31-12(4)25)14(10(2)29-17)30-11(3)24/h9-10,14-15,17H,5-8H2,1-4H3,(H,21,22,26,27)/t10-,14-,15-,17?/m1/s1. The van der Waals surface area contributed by atoms with Gasteiger partial charge in [0.1, 0.15) is 0 Å². The van der Waals surface area contributed by atoms with Crippen LogP contribution in [0.2, 0.25) is 0 Å². The lowest BCUT2D eigenvalue weighted by atomic mass is 10.1. The second kappa shape index (κ2) is 10.8. The summed E-state index contributed by atoms with van der Waals surface area (Å²) in [5, 5.41) is 2.08. The van der Waals surface area contributed by atoms with Crippen LogP contribution in [-0.2, 0) is 28.5 Å². The zero-order valence-corrected chi connectivity index (χ0v) is 17.8. The molecule has 31 heavy (non-hydrogen) atoms. The average molecular weight is 443 g/mol. The molecule has 1 N–H and O–H groups in total. The van der Waals surface area contributed by atoms with Gasteiger partial charge in [-0.3, -0.25) is 19.5 Å². The summed E-state index contributed by atoms with van der Waals surface area (Å²) in [6, 6.07) is 0. The molecule has 2 rings (SSSR count). The summed E-state index contributed by atoms with van der Waals surface area (Å²) >= 11 is 0. The van der Waals surface area contributed by atoms with Gasteiger partial charge in [-0.05, 0) is 13.3 Å². The Hall–Kier alpha value is -3.02. The van der Waals surface area contributed by atoms with Gasteiger partial charge < -0.3 is 18.9 Å². The van der Waals surface area contributed by atoms with E-state index in [1.54, 1.807) is 6.92 Å². The lowest BCUT2D eigenvalue weighted by Crippen LogP contribution is -2.40. The van der Waals surface area contributed by atoms with Gasteiger partial charge in [0.15, 0.2) is 30.1 Å². The number of aromatic nitrogens is 2. The van der Waals surface area contributed by atoms with E-state index < -0.39 is 59.9 Å². The summed E-state index contributed by atoms with van der Waals surface area (Å²) in [7, 11) is 0. The van der Waals surface area contributed by atoms with E-state index in [9.17, 15) is 23.6 Å². The molecule has 1 aromatic heterocycles. The monoisotopic (exact) mass is 443 g/mol. The number of hydrogen-bond acceptors (Lipinski definition) is 9. The van der Waals surface area contributed by atoms with E-state index in [-0.39, 0.29) is 6.61 Å². The number of carbonyl (C=O) groups is 3. The largest absolute Gasteiger partial charge is 0.456 e. The molecule has 0 spiro atoms. The number of esters is 2. The molecule has 0 bridgehead atoms. The van der Waals surface area contributed by atoms with Gasteiger partial charge in [0.25, 0.3) is 0 Å². The number of hydrogen-bond donors (Lipinski definition) is 1. The van der Waals surface area contributed by atoms with E-state index in [4.69, 9.17) is 18.9 Å². The first-order valence-corrected chi connectivity index (χ1v) is 9.86. The number of amides is 1. The minimum absolute atomic E-state index is 0.147. The fourth-order valence-electron chi connectivity index (χ4n) is 3.06. The van der Waals surface area contributed by atoms with Crippen molar-refractivity contribution in [3.8, 4) is 0 Å². The highest BCUT2D eigenvalue weighted by molar-refractivity contribution is 5.83. The Balaban J connectivity index is 2.22. The van der Waals surface area contributed by atoms with E-state index in [1.807, 2.05) is 6.92 Å². The Morgan fingerprint density at radius 2 is 1.84 bits per heavy atom. The van der Waals surface area contributed by atoms with Crippen LogP contribution in [-0.4, -0.2) is 52.5 Å². The van der Waals surface area contributed by atoms with Crippen molar-refractivity contribution in [3.63, 3.8) is 0 Å². The van der Waals surface area contributed by atoms with E-state index in [0.29, 0.717) is 6.42 Å². The molecular formula is C19H26FN3O8. The first-order valence-electron chi connectivity index (χ1n) is 9.86. The van der Waals surface area contributed by atoms with Crippen molar-refractivity contribution in [1.29, 1.82) is 0 Å². The number of ether oxygens (including phenoxy) is 4. The van der Waals surface area contributed by atoms with Crippen LogP contribution in [0.5, 0.6) is 0 Å². The third-order valence-corrected chi connectivity index (χ3v) is 4.41. The van der Waals surface area contributed by atoms with Crippen LogP contribution in [0.3, 0.4) is 0 Å². The van der Waals surface area contributed by atoms with Crippen LogP contribution in [0, 0.1) is 5.82 Å². The van der Waals surface area contributed by atoms with Gasteiger partial charge in [0, 0.05) is 13.8 Å². The first kappa shape index (κ1) is 24.3. The minimum Gasteiger partial charge on any atom is -0.456 e. The number of nitrogens with zero attached hydrogens (tertiary/aromatic N) is 2. The van der Waals surface area contributed by atoms with Crippen LogP contribution in [0.15, 0.2) is 11.0 Å². The van der Waals surface area contributed by atoms with E-state index >= 15 is 0 Å². The normalized spacial score (nSPS) is 22.6. The molecule has 12 heteroatoms. The maximum atomic E-state index is 14.5. The first-order chi connectivity index (χ1) is 14.6. The van der Waals surface area contributed by atoms with E-state index in [2.05, 4.69) is 10.3 Å². The Kier molecular flexibility index (Phi) is 8.48. The third-order valence-electron chi connectivity index (χ3n) is 4.41. The molecule has 0 aromatic carbocycles. The molecule has 1 fully saturated rings. The summed E-state index contributed by atoms with van der Waals surface area (Å²) in [6.45, 7) is 5.98. The number of nitrogens with one attached hydrogen (secondary N) is 1. The fraction of sp³-hybridized carbons (Fsp3) is 0.632. The molecule has 1 aliphatic rings. The highest BCUT2D eigenvalue weighted by Crippen LogP contribution is 2.33. The summed E-state index contributed by atoms with van der Waals surface area (Å²) in [5.41, 5.74) is -0.986. The number of halogens is 1. The highest BCUT2D eigenvalue weighted by Gasteiger charge is 2.48. The molecule has 1 saturated heterocycles. The quantitative estimate of drug-likeness (QED) is 0.363. The van der Waals surface area contributed by atoms with E-state index in [0.717, 1.165) is 30.5 Å². The zero-order chi connectivity index (χ0) is 23.1. The molecule has 1 aromatic rings. The predicted molar refractivity (Wildman–Crippen MR) is 104 cm³/mol. The van der Waals surface area contributed by atoms with Gasteiger partial charge in [0.05, 0.1) is 18.9 Å².